The van der Waals surface area contributed by atoms with Crippen LogP contribution in [-0.2, 0) is 7.05 Å². The second-order valence-electron chi connectivity index (χ2n) is 4.62. The van der Waals surface area contributed by atoms with E-state index in [1.54, 1.807) is 18.0 Å². The molecular weight excluding hydrogens is 204 g/mol. The Morgan fingerprint density at radius 1 is 1.56 bits per heavy atom. The van der Waals surface area contributed by atoms with E-state index >= 15 is 0 Å². The van der Waals surface area contributed by atoms with Crippen LogP contribution >= 0.6 is 0 Å². The van der Waals surface area contributed by atoms with Crippen molar-refractivity contribution in [1.29, 1.82) is 0 Å². The molecule has 1 N–H and O–H groups in total. The molecule has 1 fully saturated rings. The molecule has 4 heteroatoms. The number of methoxy groups -OCH3 is 1. The van der Waals surface area contributed by atoms with Crippen LogP contribution in [0.2, 0.25) is 0 Å². The molecule has 1 aromatic heterocycles. The summed E-state index contributed by atoms with van der Waals surface area (Å²) in [4.78, 5) is 0. The Kier molecular flexibility index (Phi) is 3.49. The molecule has 1 aliphatic rings. The van der Waals surface area contributed by atoms with E-state index in [1.165, 1.54) is 25.7 Å². The van der Waals surface area contributed by atoms with Crippen molar-refractivity contribution in [1.82, 2.24) is 9.78 Å². The van der Waals surface area contributed by atoms with Gasteiger partial charge in [-0.05, 0) is 12.3 Å². The lowest BCUT2D eigenvalue weighted by Gasteiger charge is -2.16. The molecule has 0 saturated heterocycles. The summed E-state index contributed by atoms with van der Waals surface area (Å²) in [6, 6.07) is 0. The number of aliphatic hydroxyl groups excluding tert-OH is 1. The zero-order chi connectivity index (χ0) is 11.5. The molecule has 1 saturated carbocycles. The number of aliphatic hydroxyl groups is 1. The second kappa shape index (κ2) is 4.87. The van der Waals surface area contributed by atoms with Crippen LogP contribution in [0.3, 0.4) is 0 Å². The number of hydrogen-bond donors (Lipinski definition) is 1. The molecule has 2 rings (SSSR count). The first kappa shape index (κ1) is 11.5. The smallest absolute Gasteiger partial charge is 0.162 e. The minimum atomic E-state index is -0.453. The van der Waals surface area contributed by atoms with Crippen LogP contribution < -0.4 is 4.74 Å². The van der Waals surface area contributed by atoms with E-state index in [4.69, 9.17) is 4.74 Å². The molecule has 16 heavy (non-hydrogen) atoms. The van der Waals surface area contributed by atoms with Crippen molar-refractivity contribution in [2.24, 2.45) is 13.0 Å². The van der Waals surface area contributed by atoms with Gasteiger partial charge in [0.2, 0.25) is 0 Å². The standard InChI is InChI=1S/C12H20N2O2/c1-14-12(11(16-2)8-13-14)10(15)7-9-5-3-4-6-9/h8-10,15H,3-7H2,1-2H3. The minimum absolute atomic E-state index is 0.453. The number of aryl methyl sites for hydroxylation is 1. The second-order valence-corrected chi connectivity index (χ2v) is 4.62. The third kappa shape index (κ3) is 2.21. The van der Waals surface area contributed by atoms with Gasteiger partial charge in [0.05, 0.1) is 19.4 Å². The first-order chi connectivity index (χ1) is 7.72. The van der Waals surface area contributed by atoms with Crippen molar-refractivity contribution in [3.05, 3.63) is 11.9 Å². The zero-order valence-electron chi connectivity index (χ0n) is 10.0. The first-order valence-corrected chi connectivity index (χ1v) is 5.96. The Bertz CT molecular complexity index is 343. The molecular formula is C12H20N2O2. The number of rotatable bonds is 4. The molecule has 0 spiro atoms. The van der Waals surface area contributed by atoms with Crippen molar-refractivity contribution in [2.45, 2.75) is 38.2 Å². The van der Waals surface area contributed by atoms with Crippen LogP contribution in [-0.4, -0.2) is 22.0 Å². The largest absolute Gasteiger partial charge is 0.493 e. The van der Waals surface area contributed by atoms with Gasteiger partial charge in [-0.2, -0.15) is 5.10 Å². The van der Waals surface area contributed by atoms with E-state index in [-0.39, 0.29) is 0 Å². The van der Waals surface area contributed by atoms with Crippen LogP contribution in [0.4, 0.5) is 0 Å². The Morgan fingerprint density at radius 2 is 2.25 bits per heavy atom. The van der Waals surface area contributed by atoms with E-state index in [0.717, 1.165) is 12.1 Å². The maximum absolute atomic E-state index is 10.2. The van der Waals surface area contributed by atoms with Crippen molar-refractivity contribution in [2.75, 3.05) is 7.11 Å². The van der Waals surface area contributed by atoms with Gasteiger partial charge in [-0.15, -0.1) is 0 Å². The Hall–Kier alpha value is -1.03. The average molecular weight is 224 g/mol. The summed E-state index contributed by atoms with van der Waals surface area (Å²) < 4.78 is 6.92. The molecule has 0 bridgehead atoms. The van der Waals surface area contributed by atoms with E-state index in [1.807, 2.05) is 7.05 Å². The van der Waals surface area contributed by atoms with Crippen LogP contribution in [0, 0.1) is 5.92 Å². The molecule has 0 amide bonds. The van der Waals surface area contributed by atoms with Crippen molar-refractivity contribution in [3.63, 3.8) is 0 Å². The van der Waals surface area contributed by atoms with Crippen molar-refractivity contribution < 1.29 is 9.84 Å². The molecule has 1 heterocycles. The molecule has 0 aromatic carbocycles. The van der Waals surface area contributed by atoms with Crippen LogP contribution in [0.5, 0.6) is 5.75 Å². The SMILES string of the molecule is COc1cnn(C)c1C(O)CC1CCCC1. The molecule has 0 aliphatic heterocycles. The van der Waals surface area contributed by atoms with E-state index in [0.29, 0.717) is 11.7 Å². The minimum Gasteiger partial charge on any atom is -0.493 e. The monoisotopic (exact) mass is 224 g/mol. The van der Waals surface area contributed by atoms with E-state index < -0.39 is 6.10 Å². The highest BCUT2D eigenvalue weighted by Gasteiger charge is 2.24. The quantitative estimate of drug-likeness (QED) is 0.851. The lowest BCUT2D eigenvalue weighted by Crippen LogP contribution is -2.10. The zero-order valence-corrected chi connectivity index (χ0v) is 10.0. The predicted molar refractivity (Wildman–Crippen MR) is 61.3 cm³/mol. The lowest BCUT2D eigenvalue weighted by atomic mass is 9.98. The summed E-state index contributed by atoms with van der Waals surface area (Å²) in [6.45, 7) is 0. The molecule has 1 aliphatic carbocycles. The number of nitrogens with zero attached hydrogens (tertiary/aromatic N) is 2. The van der Waals surface area contributed by atoms with Gasteiger partial charge in [-0.25, -0.2) is 0 Å². The normalized spacial score (nSPS) is 18.9. The molecule has 1 aromatic rings. The number of ether oxygens (including phenoxy) is 1. The Balaban J connectivity index is 2.06. The maximum atomic E-state index is 10.2. The Morgan fingerprint density at radius 3 is 2.88 bits per heavy atom. The molecule has 4 nitrogen and oxygen atoms in total. The topological polar surface area (TPSA) is 47.3 Å². The summed E-state index contributed by atoms with van der Waals surface area (Å²) in [5, 5.41) is 14.3. The predicted octanol–water partition coefficient (Wildman–Crippen LogP) is 2.04. The molecule has 0 radical (unpaired) electrons. The fourth-order valence-electron chi connectivity index (χ4n) is 2.64. The average Bonchev–Trinajstić information content (AvgIpc) is 2.87. The van der Waals surface area contributed by atoms with Crippen LogP contribution in [0.1, 0.15) is 43.9 Å². The summed E-state index contributed by atoms with van der Waals surface area (Å²) in [6.07, 6.45) is 7.14. The molecule has 1 atom stereocenters. The van der Waals surface area contributed by atoms with Gasteiger partial charge >= 0.3 is 0 Å². The Labute approximate surface area is 96.2 Å². The van der Waals surface area contributed by atoms with Gasteiger partial charge < -0.3 is 9.84 Å². The summed E-state index contributed by atoms with van der Waals surface area (Å²) in [7, 11) is 3.46. The highest BCUT2D eigenvalue weighted by Crippen LogP contribution is 2.35. The van der Waals surface area contributed by atoms with Gasteiger partial charge in [0.25, 0.3) is 0 Å². The summed E-state index contributed by atoms with van der Waals surface area (Å²) in [5.41, 5.74) is 0.800. The lowest BCUT2D eigenvalue weighted by molar-refractivity contribution is 0.133. The van der Waals surface area contributed by atoms with Crippen LogP contribution in [0.15, 0.2) is 6.20 Å². The number of hydrogen-bond acceptors (Lipinski definition) is 3. The molecule has 90 valence electrons. The van der Waals surface area contributed by atoms with E-state index in [9.17, 15) is 5.11 Å². The van der Waals surface area contributed by atoms with E-state index in [2.05, 4.69) is 5.10 Å². The van der Waals surface area contributed by atoms with Gasteiger partial charge in [-0.1, -0.05) is 25.7 Å². The van der Waals surface area contributed by atoms with Crippen molar-refractivity contribution >= 4 is 0 Å². The van der Waals surface area contributed by atoms with Crippen molar-refractivity contribution in [3.8, 4) is 5.75 Å². The highest BCUT2D eigenvalue weighted by molar-refractivity contribution is 5.27. The number of aromatic nitrogens is 2. The third-order valence-corrected chi connectivity index (χ3v) is 3.52. The maximum Gasteiger partial charge on any atom is 0.162 e. The van der Waals surface area contributed by atoms with Gasteiger partial charge in [0, 0.05) is 7.05 Å². The van der Waals surface area contributed by atoms with Crippen LogP contribution in [0.25, 0.3) is 0 Å². The fraction of sp³-hybridized carbons (Fsp3) is 0.750. The third-order valence-electron chi connectivity index (χ3n) is 3.52. The first-order valence-electron chi connectivity index (χ1n) is 5.96. The highest BCUT2D eigenvalue weighted by atomic mass is 16.5. The fourth-order valence-corrected chi connectivity index (χ4v) is 2.64. The molecule has 1 unspecified atom stereocenters. The van der Waals surface area contributed by atoms with Gasteiger partial charge in [-0.3, -0.25) is 4.68 Å². The summed E-state index contributed by atoms with van der Waals surface area (Å²) >= 11 is 0. The van der Waals surface area contributed by atoms with Gasteiger partial charge in [0.15, 0.2) is 5.75 Å². The summed E-state index contributed by atoms with van der Waals surface area (Å²) in [5.74, 6) is 1.35. The van der Waals surface area contributed by atoms with Gasteiger partial charge in [0.1, 0.15) is 5.69 Å².